The number of hydrogen-bond acceptors (Lipinski definition) is 5. The first kappa shape index (κ1) is 19.9. The predicted molar refractivity (Wildman–Crippen MR) is 111 cm³/mol. The molecule has 0 spiro atoms. The van der Waals surface area contributed by atoms with Gasteiger partial charge in [0.15, 0.2) is 0 Å². The van der Waals surface area contributed by atoms with Crippen LogP contribution < -0.4 is 5.32 Å². The predicted octanol–water partition coefficient (Wildman–Crippen LogP) is 3.18. The fourth-order valence-corrected chi connectivity index (χ4v) is 3.07. The van der Waals surface area contributed by atoms with E-state index in [4.69, 9.17) is 5.41 Å². The molecule has 1 aromatic carbocycles. The third-order valence-electron chi connectivity index (χ3n) is 4.35. The molecular weight excluding hydrogens is 420 g/mol. The van der Waals surface area contributed by atoms with Gasteiger partial charge in [-0.3, -0.25) is 9.36 Å². The Bertz CT molecular complexity index is 940. The number of benzene rings is 1. The van der Waals surface area contributed by atoms with Crippen molar-refractivity contribution in [2.24, 2.45) is 5.92 Å². The minimum Gasteiger partial charge on any atom is -0.355 e. The lowest BCUT2D eigenvalue weighted by molar-refractivity contribution is -0.123. The van der Waals surface area contributed by atoms with Crippen LogP contribution in [0, 0.1) is 11.3 Å². The molecule has 28 heavy (non-hydrogen) atoms. The Labute approximate surface area is 171 Å². The standard InChI is InChI=1S/C20H21BrN6O/c1-2-16(19(28)24-9-7-14-3-5-15(21)6-4-14)18(22)17-8-10-25-20(26-17)27-12-11-23-13-27/h3-6,8,10-13,16,22H,2,7,9H2,1H3,(H,24,28). The molecule has 0 saturated carbocycles. The van der Waals surface area contributed by atoms with Crippen molar-refractivity contribution in [3.63, 3.8) is 0 Å². The normalized spacial score (nSPS) is 11.8. The first-order valence-electron chi connectivity index (χ1n) is 9.01. The van der Waals surface area contributed by atoms with Crippen molar-refractivity contribution in [2.75, 3.05) is 6.54 Å². The zero-order valence-electron chi connectivity index (χ0n) is 15.5. The van der Waals surface area contributed by atoms with E-state index in [1.54, 1.807) is 35.6 Å². The van der Waals surface area contributed by atoms with Crippen LogP contribution in [-0.2, 0) is 11.2 Å². The van der Waals surface area contributed by atoms with Crippen LogP contribution in [-0.4, -0.2) is 37.7 Å². The van der Waals surface area contributed by atoms with E-state index >= 15 is 0 Å². The van der Waals surface area contributed by atoms with Gasteiger partial charge in [0.05, 0.1) is 17.3 Å². The highest BCUT2D eigenvalue weighted by Crippen LogP contribution is 2.13. The van der Waals surface area contributed by atoms with Gasteiger partial charge in [-0.25, -0.2) is 15.0 Å². The van der Waals surface area contributed by atoms with Crippen LogP contribution in [0.2, 0.25) is 0 Å². The number of halogens is 1. The summed E-state index contributed by atoms with van der Waals surface area (Å²) in [4.78, 5) is 25.2. The molecule has 1 unspecified atom stereocenters. The molecule has 0 saturated heterocycles. The Morgan fingerprint density at radius 3 is 2.71 bits per heavy atom. The van der Waals surface area contributed by atoms with Crippen molar-refractivity contribution in [2.45, 2.75) is 19.8 Å². The van der Waals surface area contributed by atoms with Gasteiger partial charge in [-0.1, -0.05) is 35.0 Å². The second-order valence-electron chi connectivity index (χ2n) is 6.25. The molecule has 0 aliphatic carbocycles. The maximum atomic E-state index is 12.6. The summed E-state index contributed by atoms with van der Waals surface area (Å²) in [7, 11) is 0. The number of amides is 1. The second kappa shape index (κ2) is 9.36. The van der Waals surface area contributed by atoms with Gasteiger partial charge in [-0.15, -0.1) is 0 Å². The largest absolute Gasteiger partial charge is 0.355 e. The molecule has 0 bridgehead atoms. The van der Waals surface area contributed by atoms with Gasteiger partial charge < -0.3 is 10.7 Å². The van der Waals surface area contributed by atoms with Crippen LogP contribution in [0.4, 0.5) is 0 Å². The van der Waals surface area contributed by atoms with E-state index in [2.05, 4.69) is 36.2 Å². The van der Waals surface area contributed by atoms with Crippen molar-refractivity contribution in [1.29, 1.82) is 5.41 Å². The minimum atomic E-state index is -0.560. The van der Waals surface area contributed by atoms with Crippen LogP contribution in [0.15, 0.2) is 59.7 Å². The summed E-state index contributed by atoms with van der Waals surface area (Å²) in [5.74, 6) is -0.298. The van der Waals surface area contributed by atoms with E-state index in [-0.39, 0.29) is 11.6 Å². The Hall–Kier alpha value is -2.87. The van der Waals surface area contributed by atoms with Crippen LogP contribution in [0.5, 0.6) is 0 Å². The molecule has 3 rings (SSSR count). The van der Waals surface area contributed by atoms with E-state index in [0.717, 1.165) is 16.5 Å². The van der Waals surface area contributed by atoms with E-state index in [0.29, 0.717) is 24.6 Å². The van der Waals surface area contributed by atoms with Crippen molar-refractivity contribution >= 4 is 27.5 Å². The molecule has 144 valence electrons. The van der Waals surface area contributed by atoms with Crippen molar-refractivity contribution in [1.82, 2.24) is 24.8 Å². The topological polar surface area (TPSA) is 96.6 Å². The maximum Gasteiger partial charge on any atom is 0.235 e. The summed E-state index contributed by atoms with van der Waals surface area (Å²) >= 11 is 3.41. The van der Waals surface area contributed by atoms with Gasteiger partial charge in [0, 0.05) is 29.6 Å². The van der Waals surface area contributed by atoms with Crippen LogP contribution in [0.25, 0.3) is 5.95 Å². The van der Waals surface area contributed by atoms with E-state index in [9.17, 15) is 4.79 Å². The second-order valence-corrected chi connectivity index (χ2v) is 7.17. The lowest BCUT2D eigenvalue weighted by Crippen LogP contribution is -2.36. The van der Waals surface area contributed by atoms with Gasteiger partial charge in [0.25, 0.3) is 0 Å². The average molecular weight is 441 g/mol. The SMILES string of the molecule is CCC(C(=N)c1ccnc(-n2ccnc2)n1)C(=O)NCCc1ccc(Br)cc1. The summed E-state index contributed by atoms with van der Waals surface area (Å²) < 4.78 is 2.69. The number of carbonyl (C=O) groups excluding carboxylic acids is 1. The lowest BCUT2D eigenvalue weighted by Gasteiger charge is -2.16. The number of rotatable bonds is 8. The van der Waals surface area contributed by atoms with E-state index < -0.39 is 5.92 Å². The molecule has 0 aliphatic rings. The third-order valence-corrected chi connectivity index (χ3v) is 4.88. The number of carbonyl (C=O) groups is 1. The Kier molecular flexibility index (Phi) is 6.65. The molecule has 8 heteroatoms. The molecule has 0 aliphatic heterocycles. The van der Waals surface area contributed by atoms with Crippen molar-refractivity contribution < 1.29 is 4.79 Å². The van der Waals surface area contributed by atoms with Crippen molar-refractivity contribution in [3.05, 3.63) is 71.0 Å². The summed E-state index contributed by atoms with van der Waals surface area (Å²) in [5.41, 5.74) is 1.77. The molecule has 1 amide bonds. The molecule has 7 nitrogen and oxygen atoms in total. The molecule has 0 radical (unpaired) electrons. The quantitative estimate of drug-likeness (QED) is 0.525. The minimum absolute atomic E-state index is 0.160. The first-order chi connectivity index (χ1) is 13.6. The Morgan fingerprint density at radius 1 is 1.25 bits per heavy atom. The summed E-state index contributed by atoms with van der Waals surface area (Å²) in [6.07, 6.45) is 7.80. The van der Waals surface area contributed by atoms with Crippen LogP contribution >= 0.6 is 15.9 Å². The fraction of sp³-hybridized carbons (Fsp3) is 0.250. The van der Waals surface area contributed by atoms with E-state index in [1.807, 2.05) is 31.2 Å². The summed E-state index contributed by atoms with van der Waals surface area (Å²) in [5, 5.41) is 11.4. The van der Waals surface area contributed by atoms with Gasteiger partial charge in [0.1, 0.15) is 6.33 Å². The van der Waals surface area contributed by atoms with Crippen molar-refractivity contribution in [3.8, 4) is 5.95 Å². The Morgan fingerprint density at radius 2 is 2.04 bits per heavy atom. The highest BCUT2D eigenvalue weighted by atomic mass is 79.9. The first-order valence-corrected chi connectivity index (χ1v) is 9.80. The van der Waals surface area contributed by atoms with E-state index in [1.165, 1.54) is 0 Å². The van der Waals surface area contributed by atoms with Gasteiger partial charge in [-0.05, 0) is 36.6 Å². The highest BCUT2D eigenvalue weighted by Gasteiger charge is 2.23. The van der Waals surface area contributed by atoms with Gasteiger partial charge in [0.2, 0.25) is 11.9 Å². The van der Waals surface area contributed by atoms with Gasteiger partial charge >= 0.3 is 0 Å². The maximum absolute atomic E-state index is 12.6. The monoisotopic (exact) mass is 440 g/mol. The van der Waals surface area contributed by atoms with Gasteiger partial charge in [-0.2, -0.15) is 0 Å². The number of hydrogen-bond donors (Lipinski definition) is 2. The molecule has 3 aromatic rings. The molecule has 0 fully saturated rings. The third kappa shape index (κ3) is 4.89. The zero-order valence-corrected chi connectivity index (χ0v) is 17.1. The zero-order chi connectivity index (χ0) is 19.9. The summed E-state index contributed by atoms with van der Waals surface area (Å²) in [6.45, 7) is 2.42. The molecular formula is C20H21BrN6O. The number of aromatic nitrogens is 4. The molecule has 2 N–H and O–H groups in total. The average Bonchev–Trinajstić information content (AvgIpc) is 3.25. The lowest BCUT2D eigenvalue weighted by atomic mass is 9.96. The smallest absolute Gasteiger partial charge is 0.235 e. The Balaban J connectivity index is 1.63. The fourth-order valence-electron chi connectivity index (χ4n) is 2.80. The molecule has 2 aromatic heterocycles. The molecule has 2 heterocycles. The van der Waals surface area contributed by atoms with Crippen LogP contribution in [0.3, 0.4) is 0 Å². The number of nitrogens with zero attached hydrogens (tertiary/aromatic N) is 4. The van der Waals surface area contributed by atoms with Crippen LogP contribution in [0.1, 0.15) is 24.6 Å². The number of imidazole rings is 1. The highest BCUT2D eigenvalue weighted by molar-refractivity contribution is 9.10. The summed E-state index contributed by atoms with van der Waals surface area (Å²) in [6, 6.07) is 9.66. The number of nitrogens with one attached hydrogen (secondary N) is 2. The molecule has 1 atom stereocenters.